The van der Waals surface area contributed by atoms with Gasteiger partial charge in [-0.05, 0) is 31.2 Å². The van der Waals surface area contributed by atoms with E-state index < -0.39 is 0 Å². The van der Waals surface area contributed by atoms with E-state index in [9.17, 15) is 4.79 Å². The molecule has 0 aliphatic heterocycles. The van der Waals surface area contributed by atoms with Crippen LogP contribution in [0.2, 0.25) is 0 Å². The van der Waals surface area contributed by atoms with Crippen LogP contribution in [0.1, 0.15) is 15.9 Å². The maximum absolute atomic E-state index is 12.3. The molecule has 0 atom stereocenters. The van der Waals surface area contributed by atoms with Crippen LogP contribution in [0.15, 0.2) is 54.9 Å². The molecule has 0 saturated carbocycles. The smallest absolute Gasteiger partial charge is 0.261 e. The lowest BCUT2D eigenvalue weighted by Gasteiger charge is -2.06. The van der Waals surface area contributed by atoms with Gasteiger partial charge in [0.25, 0.3) is 5.91 Å². The van der Waals surface area contributed by atoms with E-state index in [1.807, 2.05) is 37.3 Å². The molecular weight excluding hydrogens is 278 g/mol. The first kappa shape index (κ1) is 13.8. The van der Waals surface area contributed by atoms with Gasteiger partial charge in [-0.15, -0.1) is 0 Å². The van der Waals surface area contributed by atoms with Gasteiger partial charge >= 0.3 is 0 Å². The summed E-state index contributed by atoms with van der Waals surface area (Å²) in [6, 6.07) is 12.9. The summed E-state index contributed by atoms with van der Waals surface area (Å²) in [6.07, 6.45) is 3.08. The number of carbonyl (C=O) groups excluding carboxylic acids is 1. The lowest BCUT2D eigenvalue weighted by atomic mass is 10.2. The summed E-state index contributed by atoms with van der Waals surface area (Å²) in [5, 5.41) is 6.93. The second kappa shape index (κ2) is 5.69. The second-order valence-electron chi connectivity index (χ2n) is 4.86. The first-order chi connectivity index (χ1) is 10.6. The van der Waals surface area contributed by atoms with Crippen molar-refractivity contribution in [3.8, 4) is 5.82 Å². The summed E-state index contributed by atoms with van der Waals surface area (Å²) in [5.74, 6) is 0.515. The van der Waals surface area contributed by atoms with Crippen molar-refractivity contribution in [3.05, 3.63) is 66.0 Å². The molecule has 0 bridgehead atoms. The predicted octanol–water partition coefficient (Wildman–Crippen LogP) is 2.41. The molecule has 0 spiro atoms. The van der Waals surface area contributed by atoms with Gasteiger partial charge in [-0.3, -0.25) is 4.79 Å². The van der Waals surface area contributed by atoms with Gasteiger partial charge in [0.05, 0.1) is 6.20 Å². The molecule has 6 nitrogen and oxygen atoms in total. The highest BCUT2D eigenvalue weighted by Gasteiger charge is 2.16. The summed E-state index contributed by atoms with van der Waals surface area (Å²) in [6.45, 7) is 1.99. The van der Waals surface area contributed by atoms with Crippen LogP contribution in [0, 0.1) is 6.92 Å². The van der Waals surface area contributed by atoms with E-state index in [2.05, 4.69) is 15.4 Å². The Balaban J connectivity index is 1.85. The van der Waals surface area contributed by atoms with Crippen molar-refractivity contribution < 1.29 is 4.79 Å². The Morgan fingerprint density at radius 1 is 1.18 bits per heavy atom. The van der Waals surface area contributed by atoms with Gasteiger partial charge in [-0.2, -0.15) is 9.78 Å². The quantitative estimate of drug-likeness (QED) is 0.776. The maximum atomic E-state index is 12.3. The fourth-order valence-electron chi connectivity index (χ4n) is 2.03. The molecular formula is C16H15N5O. The van der Waals surface area contributed by atoms with Crippen LogP contribution in [-0.2, 0) is 0 Å². The highest BCUT2D eigenvalue weighted by atomic mass is 16.1. The molecule has 22 heavy (non-hydrogen) atoms. The van der Waals surface area contributed by atoms with Crippen LogP contribution >= 0.6 is 0 Å². The van der Waals surface area contributed by atoms with Gasteiger partial charge in [0.15, 0.2) is 5.82 Å². The number of benzene rings is 1. The number of aryl methyl sites for hydroxylation is 1. The highest BCUT2D eigenvalue weighted by Crippen LogP contribution is 2.17. The number of rotatable bonds is 3. The minimum atomic E-state index is -0.302. The van der Waals surface area contributed by atoms with Gasteiger partial charge in [-0.25, -0.2) is 4.98 Å². The zero-order valence-electron chi connectivity index (χ0n) is 12.0. The molecule has 3 N–H and O–H groups in total. The highest BCUT2D eigenvalue weighted by molar-refractivity contribution is 6.07. The number of carbonyl (C=O) groups is 1. The van der Waals surface area contributed by atoms with E-state index >= 15 is 0 Å². The average Bonchev–Trinajstić information content (AvgIpc) is 2.92. The van der Waals surface area contributed by atoms with Crippen molar-refractivity contribution in [1.29, 1.82) is 0 Å². The molecule has 0 radical (unpaired) electrons. The molecule has 3 aromatic rings. The standard InChI is InChI=1S/C16H15N5O/c1-11-5-7-12(8-6-11)20-16(22)13-10-19-21(15(13)17)14-4-2-3-9-18-14/h2-10H,17H2,1H3,(H,20,22). The first-order valence-electron chi connectivity index (χ1n) is 6.78. The Kier molecular flexibility index (Phi) is 3.57. The molecule has 3 rings (SSSR count). The van der Waals surface area contributed by atoms with Crippen molar-refractivity contribution in [2.24, 2.45) is 0 Å². The van der Waals surface area contributed by atoms with E-state index in [0.29, 0.717) is 17.1 Å². The molecule has 110 valence electrons. The minimum Gasteiger partial charge on any atom is -0.383 e. The second-order valence-corrected chi connectivity index (χ2v) is 4.86. The Morgan fingerprint density at radius 2 is 1.95 bits per heavy atom. The Labute approximate surface area is 127 Å². The number of hydrogen-bond acceptors (Lipinski definition) is 4. The third-order valence-electron chi connectivity index (χ3n) is 3.23. The van der Waals surface area contributed by atoms with E-state index in [0.717, 1.165) is 5.56 Å². The zero-order chi connectivity index (χ0) is 15.5. The van der Waals surface area contributed by atoms with Crippen molar-refractivity contribution in [1.82, 2.24) is 14.8 Å². The molecule has 6 heteroatoms. The van der Waals surface area contributed by atoms with Crippen molar-refractivity contribution in [2.45, 2.75) is 6.92 Å². The molecule has 1 aromatic carbocycles. The van der Waals surface area contributed by atoms with Gasteiger partial charge in [0, 0.05) is 11.9 Å². The van der Waals surface area contributed by atoms with Crippen LogP contribution in [0.3, 0.4) is 0 Å². The number of pyridine rings is 1. The fourth-order valence-corrected chi connectivity index (χ4v) is 2.03. The number of hydrogen-bond donors (Lipinski definition) is 2. The SMILES string of the molecule is Cc1ccc(NC(=O)c2cnn(-c3ccccn3)c2N)cc1. The number of nitrogens with zero attached hydrogens (tertiary/aromatic N) is 3. The minimum absolute atomic E-state index is 0.253. The Bertz CT molecular complexity index is 793. The molecule has 0 saturated heterocycles. The predicted molar refractivity (Wildman–Crippen MR) is 84.9 cm³/mol. The molecule has 0 aliphatic rings. The van der Waals surface area contributed by atoms with E-state index in [-0.39, 0.29) is 11.7 Å². The van der Waals surface area contributed by atoms with Crippen molar-refractivity contribution >= 4 is 17.4 Å². The third kappa shape index (κ3) is 2.67. The van der Waals surface area contributed by atoms with E-state index in [4.69, 9.17) is 5.73 Å². The number of nitrogen functional groups attached to an aromatic ring is 1. The monoisotopic (exact) mass is 293 g/mol. The van der Waals surface area contributed by atoms with Crippen LogP contribution < -0.4 is 11.1 Å². The summed E-state index contributed by atoms with van der Waals surface area (Å²) in [4.78, 5) is 16.5. The fraction of sp³-hybridized carbons (Fsp3) is 0.0625. The van der Waals surface area contributed by atoms with Crippen molar-refractivity contribution in [3.63, 3.8) is 0 Å². The van der Waals surface area contributed by atoms with Crippen LogP contribution in [-0.4, -0.2) is 20.7 Å². The Hall–Kier alpha value is -3.15. The number of nitrogens with two attached hydrogens (primary N) is 1. The largest absolute Gasteiger partial charge is 0.383 e. The number of anilines is 2. The van der Waals surface area contributed by atoms with E-state index in [1.165, 1.54) is 10.9 Å². The lowest BCUT2D eigenvalue weighted by Crippen LogP contribution is -2.14. The van der Waals surface area contributed by atoms with Gasteiger partial charge in [-0.1, -0.05) is 23.8 Å². The van der Waals surface area contributed by atoms with Gasteiger partial charge in [0.1, 0.15) is 11.4 Å². The van der Waals surface area contributed by atoms with E-state index in [1.54, 1.807) is 18.3 Å². The topological polar surface area (TPSA) is 85.8 Å². The molecule has 0 unspecified atom stereocenters. The lowest BCUT2D eigenvalue weighted by molar-refractivity contribution is 0.102. The zero-order valence-corrected chi connectivity index (χ0v) is 12.0. The first-order valence-corrected chi connectivity index (χ1v) is 6.78. The Morgan fingerprint density at radius 3 is 2.64 bits per heavy atom. The maximum Gasteiger partial charge on any atom is 0.261 e. The van der Waals surface area contributed by atoms with Crippen LogP contribution in [0.4, 0.5) is 11.5 Å². The number of nitrogens with one attached hydrogen (secondary N) is 1. The number of amides is 1. The normalized spacial score (nSPS) is 10.4. The average molecular weight is 293 g/mol. The summed E-state index contributed by atoms with van der Waals surface area (Å²) < 4.78 is 1.43. The molecule has 0 aliphatic carbocycles. The molecule has 0 fully saturated rings. The summed E-state index contributed by atoms with van der Waals surface area (Å²) >= 11 is 0. The summed E-state index contributed by atoms with van der Waals surface area (Å²) in [7, 11) is 0. The van der Waals surface area contributed by atoms with Gasteiger partial charge in [0.2, 0.25) is 0 Å². The van der Waals surface area contributed by atoms with Gasteiger partial charge < -0.3 is 11.1 Å². The molecule has 1 amide bonds. The molecule has 2 aromatic heterocycles. The number of aromatic nitrogens is 3. The van der Waals surface area contributed by atoms with Crippen LogP contribution in [0.25, 0.3) is 5.82 Å². The van der Waals surface area contributed by atoms with Crippen LogP contribution in [0.5, 0.6) is 0 Å². The summed E-state index contributed by atoms with van der Waals surface area (Å²) in [5.41, 5.74) is 8.16. The third-order valence-corrected chi connectivity index (χ3v) is 3.23. The van der Waals surface area contributed by atoms with Crippen molar-refractivity contribution in [2.75, 3.05) is 11.1 Å². The molecule has 2 heterocycles.